The Kier molecular flexibility index (Phi) is 3.16. The van der Waals surface area contributed by atoms with Crippen LogP contribution in [0.2, 0.25) is 0 Å². The fourth-order valence-electron chi connectivity index (χ4n) is 6.59. The zero-order valence-electron chi connectivity index (χ0n) is 13.7. The SMILES string of the molecule is C[C@]12CCC(=O)C=C1CCC1C2CC[C@@]2(C)C1[C@@H](O)C[C@@H]2O. The highest BCUT2D eigenvalue weighted by molar-refractivity contribution is 5.91. The summed E-state index contributed by atoms with van der Waals surface area (Å²) < 4.78 is 0. The van der Waals surface area contributed by atoms with E-state index in [1.807, 2.05) is 6.08 Å². The Hall–Kier alpha value is -0.670. The molecule has 3 fully saturated rings. The molecule has 7 atom stereocenters. The molecular formula is C19H28O3. The molecule has 3 unspecified atom stereocenters. The van der Waals surface area contributed by atoms with Crippen molar-refractivity contribution in [1.29, 1.82) is 0 Å². The molecule has 0 spiro atoms. The minimum Gasteiger partial charge on any atom is -0.393 e. The molecule has 122 valence electrons. The Morgan fingerprint density at radius 3 is 2.68 bits per heavy atom. The maximum absolute atomic E-state index is 11.8. The Balaban J connectivity index is 1.71. The Morgan fingerprint density at radius 2 is 1.91 bits per heavy atom. The summed E-state index contributed by atoms with van der Waals surface area (Å²) in [5.74, 6) is 1.60. The second kappa shape index (κ2) is 4.67. The van der Waals surface area contributed by atoms with Gasteiger partial charge in [-0.25, -0.2) is 0 Å². The van der Waals surface area contributed by atoms with E-state index in [1.165, 1.54) is 5.57 Å². The summed E-state index contributed by atoms with van der Waals surface area (Å²) in [5, 5.41) is 21.1. The number of allylic oxidation sites excluding steroid dienone is 1. The predicted octanol–water partition coefficient (Wildman–Crippen LogP) is 2.85. The maximum Gasteiger partial charge on any atom is 0.155 e. The van der Waals surface area contributed by atoms with Crippen molar-refractivity contribution in [2.24, 2.45) is 28.6 Å². The lowest BCUT2D eigenvalue weighted by molar-refractivity contribution is -0.119. The fourth-order valence-corrected chi connectivity index (χ4v) is 6.59. The second-order valence-corrected chi connectivity index (χ2v) is 8.75. The van der Waals surface area contributed by atoms with Crippen molar-refractivity contribution in [2.75, 3.05) is 0 Å². The van der Waals surface area contributed by atoms with Crippen LogP contribution in [0.1, 0.15) is 58.8 Å². The molecule has 0 aliphatic heterocycles. The number of carbonyl (C=O) groups is 1. The van der Waals surface area contributed by atoms with Crippen molar-refractivity contribution in [3.8, 4) is 0 Å². The molecular weight excluding hydrogens is 276 g/mol. The average molecular weight is 304 g/mol. The van der Waals surface area contributed by atoms with Gasteiger partial charge in [-0.05, 0) is 66.8 Å². The molecule has 3 saturated carbocycles. The van der Waals surface area contributed by atoms with Gasteiger partial charge in [0.25, 0.3) is 0 Å². The predicted molar refractivity (Wildman–Crippen MR) is 84.1 cm³/mol. The Morgan fingerprint density at radius 1 is 1.14 bits per heavy atom. The summed E-state index contributed by atoms with van der Waals surface area (Å²) in [5.41, 5.74) is 1.40. The molecule has 0 aromatic carbocycles. The molecule has 0 bridgehead atoms. The van der Waals surface area contributed by atoms with Gasteiger partial charge >= 0.3 is 0 Å². The van der Waals surface area contributed by atoms with Gasteiger partial charge in [-0.2, -0.15) is 0 Å². The molecule has 4 aliphatic carbocycles. The van der Waals surface area contributed by atoms with Gasteiger partial charge in [-0.1, -0.05) is 19.4 Å². The first kappa shape index (κ1) is 14.9. The molecule has 4 aliphatic rings. The lowest BCUT2D eigenvalue weighted by atomic mass is 9.47. The zero-order chi connectivity index (χ0) is 15.7. The van der Waals surface area contributed by atoms with Gasteiger partial charge < -0.3 is 10.2 Å². The lowest BCUT2D eigenvalue weighted by Crippen LogP contribution is -2.52. The number of aliphatic hydroxyl groups is 2. The number of carbonyl (C=O) groups excluding carboxylic acids is 1. The molecule has 3 heteroatoms. The van der Waals surface area contributed by atoms with Crippen LogP contribution >= 0.6 is 0 Å². The van der Waals surface area contributed by atoms with Crippen molar-refractivity contribution in [3.05, 3.63) is 11.6 Å². The highest BCUT2D eigenvalue weighted by Gasteiger charge is 2.61. The van der Waals surface area contributed by atoms with Gasteiger partial charge in [0.1, 0.15) is 0 Å². The Bertz CT molecular complexity index is 539. The van der Waals surface area contributed by atoms with Crippen LogP contribution < -0.4 is 0 Å². The first-order chi connectivity index (χ1) is 10.4. The van der Waals surface area contributed by atoms with E-state index in [-0.39, 0.29) is 29.0 Å². The van der Waals surface area contributed by atoms with Crippen LogP contribution in [-0.4, -0.2) is 28.2 Å². The van der Waals surface area contributed by atoms with Gasteiger partial charge in [0.2, 0.25) is 0 Å². The van der Waals surface area contributed by atoms with Crippen molar-refractivity contribution in [2.45, 2.75) is 71.0 Å². The normalized spacial score (nSPS) is 54.3. The number of rotatable bonds is 0. The van der Waals surface area contributed by atoms with Crippen LogP contribution in [0.4, 0.5) is 0 Å². The third kappa shape index (κ3) is 1.78. The van der Waals surface area contributed by atoms with Crippen LogP contribution in [0.15, 0.2) is 11.6 Å². The highest BCUT2D eigenvalue weighted by atomic mass is 16.3. The summed E-state index contributed by atoms with van der Waals surface area (Å²) >= 11 is 0. The van der Waals surface area contributed by atoms with Crippen molar-refractivity contribution < 1.29 is 15.0 Å². The highest BCUT2D eigenvalue weighted by Crippen LogP contribution is 2.65. The van der Waals surface area contributed by atoms with Crippen molar-refractivity contribution in [3.63, 3.8) is 0 Å². The molecule has 4 rings (SSSR count). The van der Waals surface area contributed by atoms with Gasteiger partial charge in [-0.3, -0.25) is 4.79 Å². The molecule has 22 heavy (non-hydrogen) atoms. The number of ketones is 1. The lowest BCUT2D eigenvalue weighted by Gasteiger charge is -2.58. The summed E-state index contributed by atoms with van der Waals surface area (Å²) in [6.45, 7) is 4.54. The maximum atomic E-state index is 11.8. The number of fused-ring (bicyclic) bond motifs is 5. The molecule has 0 amide bonds. The van der Waals surface area contributed by atoms with E-state index < -0.39 is 0 Å². The van der Waals surface area contributed by atoms with E-state index in [0.29, 0.717) is 30.5 Å². The van der Waals surface area contributed by atoms with Crippen LogP contribution in [-0.2, 0) is 4.79 Å². The van der Waals surface area contributed by atoms with E-state index in [2.05, 4.69) is 13.8 Å². The van der Waals surface area contributed by atoms with Crippen LogP contribution in [0, 0.1) is 28.6 Å². The van der Waals surface area contributed by atoms with Gasteiger partial charge in [-0.15, -0.1) is 0 Å². The van der Waals surface area contributed by atoms with Crippen LogP contribution in [0.5, 0.6) is 0 Å². The molecule has 0 aromatic heterocycles. The summed E-state index contributed by atoms with van der Waals surface area (Å²) in [6, 6.07) is 0. The third-order valence-corrected chi connectivity index (χ3v) is 7.90. The zero-order valence-corrected chi connectivity index (χ0v) is 13.7. The minimum atomic E-state index is -0.355. The monoisotopic (exact) mass is 304 g/mol. The molecule has 3 nitrogen and oxygen atoms in total. The van der Waals surface area contributed by atoms with E-state index >= 15 is 0 Å². The smallest absolute Gasteiger partial charge is 0.155 e. The third-order valence-electron chi connectivity index (χ3n) is 7.90. The van der Waals surface area contributed by atoms with E-state index in [0.717, 1.165) is 32.1 Å². The quantitative estimate of drug-likeness (QED) is 0.723. The fraction of sp³-hybridized carbons (Fsp3) is 0.842. The van der Waals surface area contributed by atoms with E-state index in [4.69, 9.17) is 0 Å². The molecule has 0 aromatic rings. The topological polar surface area (TPSA) is 57.5 Å². The minimum absolute atomic E-state index is 0.108. The van der Waals surface area contributed by atoms with Gasteiger partial charge in [0.15, 0.2) is 5.78 Å². The molecule has 0 radical (unpaired) electrons. The Labute approximate surface area is 132 Å². The second-order valence-electron chi connectivity index (χ2n) is 8.75. The number of aliphatic hydroxyl groups excluding tert-OH is 2. The first-order valence-corrected chi connectivity index (χ1v) is 8.96. The largest absolute Gasteiger partial charge is 0.393 e. The summed E-state index contributed by atoms with van der Waals surface area (Å²) in [4.78, 5) is 11.8. The van der Waals surface area contributed by atoms with Crippen molar-refractivity contribution in [1.82, 2.24) is 0 Å². The van der Waals surface area contributed by atoms with E-state index in [1.54, 1.807) is 0 Å². The number of hydrogen-bond acceptors (Lipinski definition) is 3. The molecule has 0 saturated heterocycles. The van der Waals surface area contributed by atoms with Gasteiger partial charge in [0, 0.05) is 12.8 Å². The first-order valence-electron chi connectivity index (χ1n) is 8.96. The van der Waals surface area contributed by atoms with Crippen LogP contribution in [0.3, 0.4) is 0 Å². The summed E-state index contributed by atoms with van der Waals surface area (Å²) in [6.07, 6.45) is 7.62. The molecule has 2 N–H and O–H groups in total. The van der Waals surface area contributed by atoms with E-state index in [9.17, 15) is 15.0 Å². The van der Waals surface area contributed by atoms with Crippen molar-refractivity contribution >= 4 is 5.78 Å². The number of hydrogen-bond donors (Lipinski definition) is 2. The summed E-state index contributed by atoms with van der Waals surface area (Å²) in [7, 11) is 0. The van der Waals surface area contributed by atoms with Crippen LogP contribution in [0.25, 0.3) is 0 Å². The van der Waals surface area contributed by atoms with Gasteiger partial charge in [0.05, 0.1) is 12.2 Å². The average Bonchev–Trinajstić information content (AvgIpc) is 2.70. The standard InChI is InChI=1S/C19H28O3/c1-18-7-5-12(20)9-11(18)3-4-13-14(18)6-8-19(2)16(22)10-15(21)17(13)19/h9,13-17,21-22H,3-8,10H2,1-2H3/t13?,14?,15-,16-,17?,18-,19+/m0/s1. The molecule has 0 heterocycles.